The molecule has 2 N–H and O–H groups in total. The van der Waals surface area contributed by atoms with Gasteiger partial charge in [0.25, 0.3) is 0 Å². The normalized spacial score (nSPS) is 11.9. The van der Waals surface area contributed by atoms with Gasteiger partial charge in [0, 0.05) is 22.6 Å². The van der Waals surface area contributed by atoms with Crippen LogP contribution in [0.3, 0.4) is 0 Å². The van der Waals surface area contributed by atoms with Crippen molar-refractivity contribution in [1.29, 1.82) is 0 Å². The number of rotatable bonds is 2. The molecule has 0 spiro atoms. The Hall–Kier alpha value is -3.30. The predicted octanol–water partition coefficient (Wildman–Crippen LogP) is 6.05. The molecule has 0 atom stereocenters. The molecule has 0 unspecified atom stereocenters. The molecule has 5 rings (SSSR count). The smallest absolute Gasteiger partial charge is 0.125 e. The summed E-state index contributed by atoms with van der Waals surface area (Å²) in [5, 5.41) is 21.1. The number of aromatic hydroxyl groups is 2. The molecule has 3 nitrogen and oxygen atoms in total. The molecular formula is C24H16ClNO2. The van der Waals surface area contributed by atoms with Crippen LogP contribution in [-0.4, -0.2) is 15.2 Å². The maximum Gasteiger partial charge on any atom is 0.125 e. The highest BCUT2D eigenvalue weighted by atomic mass is 35.5. The molecule has 0 aliphatic heterocycles. The fraction of sp³-hybridized carbons (Fsp3) is 0.0417. The standard InChI is InChI=1S/C24H16ClNO2/c25-20-9-2-1-8-17(20)21-13-18(14-5-3-7-16(27)11-14)19-12-15-6-4-10-22(28)23(15)24(19)26-21/h1-11,13,27-28H,12H2. The Balaban J connectivity index is 1.83. The van der Waals surface area contributed by atoms with E-state index < -0.39 is 0 Å². The van der Waals surface area contributed by atoms with Crippen molar-refractivity contribution >= 4 is 11.6 Å². The fourth-order valence-corrected chi connectivity index (χ4v) is 4.13. The lowest BCUT2D eigenvalue weighted by Gasteiger charge is -2.13. The largest absolute Gasteiger partial charge is 0.508 e. The Bertz CT molecular complexity index is 1230. The second kappa shape index (κ2) is 6.39. The van der Waals surface area contributed by atoms with E-state index in [-0.39, 0.29) is 11.5 Å². The van der Waals surface area contributed by atoms with E-state index in [4.69, 9.17) is 16.6 Å². The highest BCUT2D eigenvalue weighted by molar-refractivity contribution is 6.33. The van der Waals surface area contributed by atoms with E-state index in [2.05, 4.69) is 0 Å². The number of halogens is 1. The monoisotopic (exact) mass is 385 g/mol. The molecule has 1 heterocycles. The lowest BCUT2D eigenvalue weighted by molar-refractivity contribution is 0.475. The Labute approximate surface area is 167 Å². The lowest BCUT2D eigenvalue weighted by Crippen LogP contribution is -1.95. The van der Waals surface area contributed by atoms with Gasteiger partial charge < -0.3 is 10.2 Å². The van der Waals surface area contributed by atoms with E-state index in [1.54, 1.807) is 18.2 Å². The van der Waals surface area contributed by atoms with Gasteiger partial charge in [-0.1, -0.05) is 54.1 Å². The predicted molar refractivity (Wildman–Crippen MR) is 112 cm³/mol. The summed E-state index contributed by atoms with van der Waals surface area (Å²) in [6.45, 7) is 0. The van der Waals surface area contributed by atoms with Gasteiger partial charge in [0.05, 0.1) is 11.4 Å². The van der Waals surface area contributed by atoms with Crippen LogP contribution in [0.5, 0.6) is 11.5 Å². The first kappa shape index (κ1) is 16.8. The Kier molecular flexibility index (Phi) is 3.85. The van der Waals surface area contributed by atoms with Crippen LogP contribution in [0.4, 0.5) is 0 Å². The van der Waals surface area contributed by atoms with Crippen LogP contribution in [0.2, 0.25) is 5.02 Å². The first-order chi connectivity index (χ1) is 13.6. The summed E-state index contributed by atoms with van der Waals surface area (Å²) >= 11 is 6.44. The van der Waals surface area contributed by atoms with E-state index in [0.29, 0.717) is 11.4 Å². The molecule has 1 aromatic heterocycles. The van der Waals surface area contributed by atoms with Gasteiger partial charge in [-0.15, -0.1) is 0 Å². The first-order valence-corrected chi connectivity index (χ1v) is 9.39. The number of aromatic nitrogens is 1. The topological polar surface area (TPSA) is 53.4 Å². The molecule has 4 aromatic rings. The van der Waals surface area contributed by atoms with Crippen LogP contribution >= 0.6 is 11.6 Å². The fourth-order valence-electron chi connectivity index (χ4n) is 3.89. The summed E-state index contributed by atoms with van der Waals surface area (Å²) in [5.74, 6) is 0.433. The van der Waals surface area contributed by atoms with Crippen molar-refractivity contribution < 1.29 is 10.2 Å². The molecule has 0 bridgehead atoms. The van der Waals surface area contributed by atoms with Gasteiger partial charge in [0.1, 0.15) is 11.5 Å². The third kappa shape index (κ3) is 2.63. The number of fused-ring (bicyclic) bond motifs is 3. The van der Waals surface area contributed by atoms with Gasteiger partial charge in [-0.05, 0) is 52.6 Å². The number of pyridine rings is 1. The molecule has 0 amide bonds. The highest BCUT2D eigenvalue weighted by Crippen LogP contribution is 2.46. The molecule has 3 aromatic carbocycles. The zero-order chi connectivity index (χ0) is 19.3. The summed E-state index contributed by atoms with van der Waals surface area (Å²) in [6.07, 6.45) is 0.680. The number of hydrogen-bond donors (Lipinski definition) is 2. The average Bonchev–Trinajstić information content (AvgIpc) is 3.07. The van der Waals surface area contributed by atoms with Crippen molar-refractivity contribution in [2.75, 3.05) is 0 Å². The zero-order valence-corrected chi connectivity index (χ0v) is 15.6. The minimum atomic E-state index is 0.209. The number of benzene rings is 3. The second-order valence-corrected chi connectivity index (χ2v) is 7.31. The summed E-state index contributed by atoms with van der Waals surface area (Å²) in [6, 6.07) is 22.3. The third-order valence-corrected chi connectivity index (χ3v) is 5.49. The van der Waals surface area contributed by atoms with E-state index in [1.165, 1.54) is 0 Å². The SMILES string of the molecule is Oc1cccc(-c2cc(-c3ccccc3Cl)nc3c2Cc2cccc(O)c2-3)c1. The molecule has 0 saturated carbocycles. The van der Waals surface area contributed by atoms with E-state index >= 15 is 0 Å². The minimum Gasteiger partial charge on any atom is -0.508 e. The summed E-state index contributed by atoms with van der Waals surface area (Å²) in [7, 11) is 0. The molecule has 0 radical (unpaired) electrons. The molecule has 4 heteroatoms. The van der Waals surface area contributed by atoms with E-state index in [9.17, 15) is 10.2 Å². The number of nitrogens with zero attached hydrogens (tertiary/aromatic N) is 1. The van der Waals surface area contributed by atoms with Crippen LogP contribution in [0.15, 0.2) is 72.8 Å². The lowest BCUT2D eigenvalue weighted by atomic mass is 9.96. The Morgan fingerprint density at radius 2 is 1.64 bits per heavy atom. The van der Waals surface area contributed by atoms with Crippen LogP contribution in [0.1, 0.15) is 11.1 Å². The van der Waals surface area contributed by atoms with Gasteiger partial charge in [-0.25, -0.2) is 4.98 Å². The van der Waals surface area contributed by atoms with Gasteiger partial charge in [-0.2, -0.15) is 0 Å². The highest BCUT2D eigenvalue weighted by Gasteiger charge is 2.27. The van der Waals surface area contributed by atoms with Crippen LogP contribution in [0.25, 0.3) is 33.6 Å². The number of phenolic OH excluding ortho intramolecular Hbond substituents is 2. The summed E-state index contributed by atoms with van der Waals surface area (Å²) < 4.78 is 0. The van der Waals surface area contributed by atoms with Crippen molar-refractivity contribution in [3.05, 3.63) is 88.9 Å². The van der Waals surface area contributed by atoms with Crippen LogP contribution in [0, 0.1) is 0 Å². The van der Waals surface area contributed by atoms with Gasteiger partial charge in [0.2, 0.25) is 0 Å². The van der Waals surface area contributed by atoms with Gasteiger partial charge in [-0.3, -0.25) is 0 Å². The third-order valence-electron chi connectivity index (χ3n) is 5.16. The van der Waals surface area contributed by atoms with Gasteiger partial charge in [0.15, 0.2) is 0 Å². The van der Waals surface area contributed by atoms with Crippen molar-refractivity contribution in [2.24, 2.45) is 0 Å². The molecule has 136 valence electrons. The van der Waals surface area contributed by atoms with E-state index in [1.807, 2.05) is 54.6 Å². The summed E-state index contributed by atoms with van der Waals surface area (Å²) in [5.41, 5.74) is 7.07. The first-order valence-electron chi connectivity index (χ1n) is 9.01. The van der Waals surface area contributed by atoms with Crippen molar-refractivity contribution in [2.45, 2.75) is 6.42 Å². The molecule has 0 saturated heterocycles. The van der Waals surface area contributed by atoms with Crippen LogP contribution < -0.4 is 0 Å². The van der Waals surface area contributed by atoms with Crippen molar-refractivity contribution in [3.8, 4) is 45.1 Å². The number of hydrogen-bond acceptors (Lipinski definition) is 3. The molecule has 1 aliphatic rings. The average molecular weight is 386 g/mol. The molecule has 28 heavy (non-hydrogen) atoms. The Morgan fingerprint density at radius 1 is 0.821 bits per heavy atom. The van der Waals surface area contributed by atoms with Gasteiger partial charge >= 0.3 is 0 Å². The molecule has 0 fully saturated rings. The van der Waals surface area contributed by atoms with Crippen molar-refractivity contribution in [3.63, 3.8) is 0 Å². The van der Waals surface area contributed by atoms with Crippen molar-refractivity contribution in [1.82, 2.24) is 4.98 Å². The Morgan fingerprint density at radius 3 is 2.46 bits per heavy atom. The minimum absolute atomic E-state index is 0.209. The molecular weight excluding hydrogens is 370 g/mol. The zero-order valence-electron chi connectivity index (χ0n) is 14.9. The number of phenols is 2. The quantitative estimate of drug-likeness (QED) is 0.389. The molecule has 1 aliphatic carbocycles. The second-order valence-electron chi connectivity index (χ2n) is 6.90. The van der Waals surface area contributed by atoms with Crippen LogP contribution in [-0.2, 0) is 6.42 Å². The van der Waals surface area contributed by atoms with E-state index in [0.717, 1.165) is 44.8 Å². The summed E-state index contributed by atoms with van der Waals surface area (Å²) in [4.78, 5) is 4.89. The maximum atomic E-state index is 10.5. The maximum absolute atomic E-state index is 10.5.